The summed E-state index contributed by atoms with van der Waals surface area (Å²) in [6, 6.07) is 23.1. The Morgan fingerprint density at radius 3 is 2.80 bits per heavy atom. The van der Waals surface area contributed by atoms with Crippen molar-refractivity contribution in [2.24, 2.45) is 0 Å². The van der Waals surface area contributed by atoms with Gasteiger partial charge in [-0.1, -0.05) is 0 Å². The standard InChI is InChI=1S/C28H16N4O2Se/c1-14-13-18-17-7-3-9-22-31(17)28(32(18)29-14)26-19(34-22)10-11-21-24(26)25-23-15(5-2-8-20(23)35(21)33)16-6-4-12-30(28)27(16)25/h2-13,25H,1H3/q+2. The van der Waals surface area contributed by atoms with E-state index in [4.69, 9.17) is 9.84 Å². The topological polar surface area (TPSA) is 51.9 Å². The summed E-state index contributed by atoms with van der Waals surface area (Å²) in [6.45, 7) is 2.05. The van der Waals surface area contributed by atoms with Gasteiger partial charge >= 0.3 is 204 Å². The molecule has 35 heavy (non-hydrogen) atoms. The van der Waals surface area contributed by atoms with Gasteiger partial charge < -0.3 is 0 Å². The van der Waals surface area contributed by atoms with Gasteiger partial charge in [-0.25, -0.2) is 0 Å². The zero-order chi connectivity index (χ0) is 22.8. The number of aryl methyl sites for hydroxylation is 1. The Balaban J connectivity index is 1.52. The van der Waals surface area contributed by atoms with Gasteiger partial charge in [0.1, 0.15) is 0 Å². The number of ether oxygens (including phenoxy) is 1. The van der Waals surface area contributed by atoms with E-state index in [1.54, 1.807) is 0 Å². The fourth-order valence-corrected chi connectivity index (χ4v) is 10.4. The Labute approximate surface area is 203 Å². The molecule has 164 valence electrons. The van der Waals surface area contributed by atoms with E-state index in [1.807, 2.05) is 25.1 Å². The van der Waals surface area contributed by atoms with Crippen LogP contribution in [0.3, 0.4) is 0 Å². The summed E-state index contributed by atoms with van der Waals surface area (Å²) < 4.78 is 29.6. The zero-order valence-corrected chi connectivity index (χ0v) is 20.2. The molecule has 1 aliphatic carbocycles. The fraction of sp³-hybridized carbons (Fsp3) is 0.107. The first-order chi connectivity index (χ1) is 17.2. The van der Waals surface area contributed by atoms with Gasteiger partial charge in [-0.15, -0.1) is 0 Å². The van der Waals surface area contributed by atoms with E-state index in [0.717, 1.165) is 48.8 Å². The Bertz CT molecular complexity index is 1940. The molecular weight excluding hydrogens is 503 g/mol. The third kappa shape index (κ3) is 1.56. The summed E-state index contributed by atoms with van der Waals surface area (Å²) >= 11 is -2.46. The zero-order valence-electron chi connectivity index (χ0n) is 18.5. The van der Waals surface area contributed by atoms with Crippen LogP contribution in [-0.4, -0.2) is 23.6 Å². The minimum absolute atomic E-state index is 0.0422. The predicted octanol–water partition coefficient (Wildman–Crippen LogP) is 1.93. The van der Waals surface area contributed by atoms with Crippen LogP contribution >= 0.6 is 0 Å². The predicted molar refractivity (Wildman–Crippen MR) is 126 cm³/mol. The van der Waals surface area contributed by atoms with Gasteiger partial charge in [0.2, 0.25) is 0 Å². The van der Waals surface area contributed by atoms with E-state index in [1.165, 1.54) is 22.4 Å². The van der Waals surface area contributed by atoms with Crippen molar-refractivity contribution in [1.29, 1.82) is 0 Å². The van der Waals surface area contributed by atoms with Crippen molar-refractivity contribution in [3.05, 3.63) is 101 Å². The van der Waals surface area contributed by atoms with E-state index < -0.39 is 19.6 Å². The van der Waals surface area contributed by atoms with Gasteiger partial charge in [0.25, 0.3) is 0 Å². The number of nitrogens with zero attached hydrogens (tertiary/aromatic N) is 4. The molecule has 1 spiro atoms. The summed E-state index contributed by atoms with van der Waals surface area (Å²) in [5.74, 6) is 0.850. The molecule has 7 heterocycles. The van der Waals surface area contributed by atoms with Crippen molar-refractivity contribution >= 4 is 22.8 Å². The molecule has 3 unspecified atom stereocenters. The molecule has 0 amide bonds. The number of rotatable bonds is 0. The van der Waals surface area contributed by atoms with E-state index in [-0.39, 0.29) is 5.92 Å². The van der Waals surface area contributed by atoms with Gasteiger partial charge in [-0.3, -0.25) is 0 Å². The van der Waals surface area contributed by atoms with Gasteiger partial charge in [-0.05, 0) is 0 Å². The van der Waals surface area contributed by atoms with Crippen LogP contribution in [0.2, 0.25) is 0 Å². The van der Waals surface area contributed by atoms with Crippen LogP contribution in [0.15, 0.2) is 72.9 Å². The van der Waals surface area contributed by atoms with Gasteiger partial charge in [0.05, 0.1) is 0 Å². The number of hydrogen-bond acceptors (Lipinski definition) is 3. The molecule has 0 bridgehead atoms. The van der Waals surface area contributed by atoms with Crippen molar-refractivity contribution in [3.63, 3.8) is 0 Å². The van der Waals surface area contributed by atoms with Gasteiger partial charge in [0.15, 0.2) is 0 Å². The molecule has 5 aromatic rings. The van der Waals surface area contributed by atoms with E-state index in [9.17, 15) is 3.83 Å². The Kier molecular flexibility index (Phi) is 2.59. The van der Waals surface area contributed by atoms with Crippen molar-refractivity contribution in [1.82, 2.24) is 9.78 Å². The fourth-order valence-electron chi connectivity index (χ4n) is 7.31. The molecule has 0 radical (unpaired) electrons. The summed E-state index contributed by atoms with van der Waals surface area (Å²) in [5, 5.41) is 5.09. The molecule has 0 fully saturated rings. The molecule has 0 N–H and O–H groups in total. The van der Waals surface area contributed by atoms with E-state index >= 15 is 0 Å². The molecular formula is C28H16N4O2Se+2. The molecule has 4 aliphatic heterocycles. The average Bonchev–Trinajstić information content (AvgIpc) is 3.51. The molecule has 2 aromatic carbocycles. The summed E-state index contributed by atoms with van der Waals surface area (Å²) in [4.78, 5) is 0. The number of fused-ring (bicyclic) bond motifs is 3. The van der Waals surface area contributed by atoms with Crippen molar-refractivity contribution < 1.29 is 17.7 Å². The van der Waals surface area contributed by atoms with E-state index in [2.05, 4.69) is 68.5 Å². The molecule has 7 heteroatoms. The van der Waals surface area contributed by atoms with Crippen molar-refractivity contribution in [3.8, 4) is 34.1 Å². The van der Waals surface area contributed by atoms with Crippen LogP contribution in [0.1, 0.15) is 34.0 Å². The van der Waals surface area contributed by atoms with Crippen LogP contribution in [0.4, 0.5) is 0 Å². The van der Waals surface area contributed by atoms with Crippen LogP contribution < -0.4 is 22.8 Å². The molecule has 3 atom stereocenters. The molecule has 10 rings (SSSR count). The summed E-state index contributed by atoms with van der Waals surface area (Å²) in [6.07, 6.45) is 2.19. The Hall–Kier alpha value is -3.93. The molecule has 3 aromatic heterocycles. The van der Waals surface area contributed by atoms with Crippen molar-refractivity contribution in [2.45, 2.75) is 18.6 Å². The maximum atomic E-state index is 14.1. The monoisotopic (exact) mass is 520 g/mol. The first-order valence-corrected chi connectivity index (χ1v) is 14.2. The van der Waals surface area contributed by atoms with Crippen LogP contribution in [-0.2, 0) is 9.62 Å². The molecule has 5 aliphatic rings. The summed E-state index contributed by atoms with van der Waals surface area (Å²) in [5.41, 5.74) is 10.2. The van der Waals surface area contributed by atoms with Crippen LogP contribution in [0, 0.1) is 6.92 Å². The first-order valence-electron chi connectivity index (χ1n) is 11.8. The SMILES string of the molecule is Cc1cc2n(n1)C13c4c(ccc5c4C4c6c(cccc6[Se]5=O)-c5ccc[n+]1c54)Oc1cccc-2[n+]13. The van der Waals surface area contributed by atoms with Crippen molar-refractivity contribution in [2.75, 3.05) is 0 Å². The minimum atomic E-state index is -2.46. The second-order valence-electron chi connectivity index (χ2n) is 9.85. The number of benzene rings is 2. The normalized spacial score (nSPS) is 23.5. The van der Waals surface area contributed by atoms with Gasteiger partial charge in [0, 0.05) is 0 Å². The third-order valence-corrected chi connectivity index (χ3v) is 11.5. The Morgan fingerprint density at radius 2 is 1.86 bits per heavy atom. The number of aromatic nitrogens is 4. The van der Waals surface area contributed by atoms with Gasteiger partial charge in [-0.2, -0.15) is 0 Å². The molecule has 6 nitrogen and oxygen atoms in total. The first kappa shape index (κ1) is 17.5. The second kappa shape index (κ2) is 5.18. The van der Waals surface area contributed by atoms with Crippen LogP contribution in [0.5, 0.6) is 11.6 Å². The molecule has 0 saturated heterocycles. The van der Waals surface area contributed by atoms with E-state index in [0.29, 0.717) is 0 Å². The number of hydrogen-bond donors (Lipinski definition) is 0. The summed E-state index contributed by atoms with van der Waals surface area (Å²) in [7, 11) is 0. The third-order valence-electron chi connectivity index (χ3n) is 8.35. The average molecular weight is 519 g/mol. The molecule has 0 saturated carbocycles. The Morgan fingerprint density at radius 1 is 1.00 bits per heavy atom. The number of pyridine rings is 2. The quantitative estimate of drug-likeness (QED) is 0.227. The maximum absolute atomic E-state index is 14.1. The second-order valence-corrected chi connectivity index (χ2v) is 12.8. The van der Waals surface area contributed by atoms with Crippen LogP contribution in [0.25, 0.3) is 22.5 Å².